The lowest BCUT2D eigenvalue weighted by Gasteiger charge is -2.13. The van der Waals surface area contributed by atoms with Crippen molar-refractivity contribution >= 4 is 57.7 Å². The van der Waals surface area contributed by atoms with Crippen LogP contribution in [0.3, 0.4) is 0 Å². The Kier molecular flexibility index (Phi) is 9.34. The zero-order valence-electron chi connectivity index (χ0n) is 23.9. The van der Waals surface area contributed by atoms with Gasteiger partial charge in [0, 0.05) is 21.8 Å². The summed E-state index contributed by atoms with van der Waals surface area (Å²) in [4.78, 5) is 39.9. The highest BCUT2D eigenvalue weighted by atomic mass is 32.2. The van der Waals surface area contributed by atoms with Gasteiger partial charge in [-0.15, -0.1) is 11.8 Å². The van der Waals surface area contributed by atoms with Crippen LogP contribution in [-0.4, -0.2) is 23.5 Å². The molecule has 0 saturated heterocycles. The molecule has 0 aromatic heterocycles. The smallest absolute Gasteiger partial charge is 0.272 e. The number of nitrogens with one attached hydrogen (secondary N) is 3. The molecule has 0 aliphatic carbocycles. The van der Waals surface area contributed by atoms with Crippen molar-refractivity contribution in [3.63, 3.8) is 0 Å². The van der Waals surface area contributed by atoms with Crippen LogP contribution in [0.15, 0.2) is 126 Å². The summed E-state index contributed by atoms with van der Waals surface area (Å²) in [6.07, 6.45) is 1.69. The molecule has 3 N–H and O–H groups in total. The van der Waals surface area contributed by atoms with Crippen molar-refractivity contribution in [2.45, 2.75) is 18.7 Å². The van der Waals surface area contributed by atoms with E-state index in [1.54, 1.807) is 42.5 Å². The average Bonchev–Trinajstić information content (AvgIpc) is 3.02. The summed E-state index contributed by atoms with van der Waals surface area (Å²) in [5, 5.41) is 10.7. The number of rotatable bonds is 9. The number of fused-ring (bicyclic) bond motifs is 1. The van der Waals surface area contributed by atoms with Gasteiger partial charge in [0.1, 0.15) is 5.70 Å². The molecule has 7 heteroatoms. The number of thioether (sulfide) groups is 1. The van der Waals surface area contributed by atoms with Crippen LogP contribution in [0, 0.1) is 13.8 Å². The van der Waals surface area contributed by atoms with Crippen LogP contribution in [0.25, 0.3) is 16.8 Å². The van der Waals surface area contributed by atoms with E-state index in [4.69, 9.17) is 0 Å². The largest absolute Gasteiger partial charge is 0.325 e. The number of anilines is 2. The molecule has 0 aliphatic heterocycles. The van der Waals surface area contributed by atoms with Gasteiger partial charge in [0.15, 0.2) is 0 Å². The van der Waals surface area contributed by atoms with E-state index in [0.717, 1.165) is 38.0 Å². The van der Waals surface area contributed by atoms with Crippen molar-refractivity contribution in [2.75, 3.05) is 16.4 Å². The topological polar surface area (TPSA) is 87.3 Å². The van der Waals surface area contributed by atoms with Crippen molar-refractivity contribution in [3.05, 3.63) is 143 Å². The Morgan fingerprint density at radius 2 is 1.47 bits per heavy atom. The Morgan fingerprint density at radius 1 is 0.744 bits per heavy atom. The molecule has 5 aromatic carbocycles. The van der Waals surface area contributed by atoms with Gasteiger partial charge in [0.25, 0.3) is 11.8 Å². The lowest BCUT2D eigenvalue weighted by atomic mass is 10.0. The molecule has 0 atom stereocenters. The fraction of sp³-hybridized carbons (Fsp3) is 0.0833. The van der Waals surface area contributed by atoms with Crippen LogP contribution in [0.1, 0.15) is 27.0 Å². The molecule has 0 saturated carbocycles. The van der Waals surface area contributed by atoms with Crippen LogP contribution in [0.4, 0.5) is 11.4 Å². The Bertz CT molecular complexity index is 1810. The van der Waals surface area contributed by atoms with Crippen LogP contribution < -0.4 is 16.0 Å². The number of amides is 3. The highest BCUT2D eigenvalue weighted by Crippen LogP contribution is 2.24. The Morgan fingerprint density at radius 3 is 2.26 bits per heavy atom. The van der Waals surface area contributed by atoms with Gasteiger partial charge in [-0.25, -0.2) is 0 Å². The molecular weight excluding hydrogens is 554 g/mol. The van der Waals surface area contributed by atoms with Crippen LogP contribution >= 0.6 is 11.8 Å². The first kappa shape index (κ1) is 29.4. The van der Waals surface area contributed by atoms with Crippen molar-refractivity contribution in [2.24, 2.45) is 0 Å². The van der Waals surface area contributed by atoms with E-state index in [1.807, 2.05) is 92.7 Å². The molecule has 0 aliphatic rings. The first-order valence-corrected chi connectivity index (χ1v) is 14.8. The van der Waals surface area contributed by atoms with Gasteiger partial charge in [-0.1, -0.05) is 72.8 Å². The third-order valence-electron chi connectivity index (χ3n) is 6.80. The molecule has 0 unspecified atom stereocenters. The molecule has 43 heavy (non-hydrogen) atoms. The SMILES string of the molecule is Cc1ccc(C)c(NC(=O)CSc2ccc(NC(=O)/C(=C/c3cccc4ccccc34)NC(=O)c3ccccc3)cc2)c1. The van der Waals surface area contributed by atoms with Crippen molar-refractivity contribution in [1.82, 2.24) is 5.32 Å². The first-order chi connectivity index (χ1) is 20.9. The summed E-state index contributed by atoms with van der Waals surface area (Å²) < 4.78 is 0. The summed E-state index contributed by atoms with van der Waals surface area (Å²) >= 11 is 1.41. The Balaban J connectivity index is 1.29. The Hall–Kier alpha value is -5.14. The summed E-state index contributed by atoms with van der Waals surface area (Å²) in [7, 11) is 0. The number of aryl methyl sites for hydroxylation is 2. The molecule has 0 spiro atoms. The van der Waals surface area contributed by atoms with Gasteiger partial charge in [0.05, 0.1) is 5.75 Å². The van der Waals surface area contributed by atoms with Crippen molar-refractivity contribution in [3.8, 4) is 0 Å². The van der Waals surface area contributed by atoms with Crippen LogP contribution in [0.5, 0.6) is 0 Å². The molecule has 0 bridgehead atoms. The average molecular weight is 586 g/mol. The Labute approximate surface area is 255 Å². The van der Waals surface area contributed by atoms with Gasteiger partial charge in [0.2, 0.25) is 5.91 Å². The minimum Gasteiger partial charge on any atom is -0.325 e. The van der Waals surface area contributed by atoms with Gasteiger partial charge in [-0.3, -0.25) is 14.4 Å². The molecule has 0 fully saturated rings. The minimum atomic E-state index is -0.453. The van der Waals surface area contributed by atoms with Gasteiger partial charge in [-0.05, 0) is 89.9 Å². The predicted molar refractivity (Wildman–Crippen MR) is 176 cm³/mol. The van der Waals surface area contributed by atoms with Crippen molar-refractivity contribution in [1.29, 1.82) is 0 Å². The zero-order valence-corrected chi connectivity index (χ0v) is 24.7. The minimum absolute atomic E-state index is 0.0894. The summed E-state index contributed by atoms with van der Waals surface area (Å²) in [6.45, 7) is 3.95. The highest BCUT2D eigenvalue weighted by molar-refractivity contribution is 8.00. The van der Waals surface area contributed by atoms with Crippen LogP contribution in [-0.2, 0) is 9.59 Å². The molecule has 214 valence electrons. The molecule has 0 heterocycles. The van der Waals surface area contributed by atoms with E-state index in [1.165, 1.54) is 11.8 Å². The number of carbonyl (C=O) groups is 3. The first-order valence-electron chi connectivity index (χ1n) is 13.8. The summed E-state index contributed by atoms with van der Waals surface area (Å²) in [6, 6.07) is 35.7. The zero-order chi connectivity index (χ0) is 30.2. The quantitative estimate of drug-likeness (QED) is 0.123. The van der Waals surface area contributed by atoms with E-state index in [-0.39, 0.29) is 23.3 Å². The van der Waals surface area contributed by atoms with Crippen LogP contribution in [0.2, 0.25) is 0 Å². The fourth-order valence-corrected chi connectivity index (χ4v) is 5.21. The maximum absolute atomic E-state index is 13.5. The van der Waals surface area contributed by atoms with Gasteiger partial charge >= 0.3 is 0 Å². The van der Waals surface area contributed by atoms with Gasteiger partial charge in [-0.2, -0.15) is 0 Å². The fourth-order valence-electron chi connectivity index (χ4n) is 4.51. The summed E-state index contributed by atoms with van der Waals surface area (Å²) in [5.41, 5.74) is 4.84. The third-order valence-corrected chi connectivity index (χ3v) is 7.81. The predicted octanol–water partition coefficient (Wildman–Crippen LogP) is 7.60. The molecular formula is C36H31N3O3S. The summed E-state index contributed by atoms with van der Waals surface area (Å²) in [5.74, 6) is -0.671. The third kappa shape index (κ3) is 7.78. The number of hydrogen-bond donors (Lipinski definition) is 3. The lowest BCUT2D eigenvalue weighted by molar-refractivity contribution is -0.114. The van der Waals surface area contributed by atoms with E-state index in [2.05, 4.69) is 16.0 Å². The second-order valence-electron chi connectivity index (χ2n) is 10.1. The standard InChI is InChI=1S/C36H31N3O3S/c1-24-15-16-25(2)32(21-24)38-34(40)23-43-30-19-17-29(18-20-30)37-36(42)33(39-35(41)27-10-4-3-5-11-27)22-28-13-8-12-26-9-6-7-14-31(26)28/h3-22H,23H2,1-2H3,(H,37,42)(H,38,40)(H,39,41)/b33-22-. The second-order valence-corrected chi connectivity index (χ2v) is 11.1. The number of hydrogen-bond acceptors (Lipinski definition) is 4. The van der Waals surface area contributed by atoms with Crippen molar-refractivity contribution < 1.29 is 14.4 Å². The maximum Gasteiger partial charge on any atom is 0.272 e. The monoisotopic (exact) mass is 585 g/mol. The van der Waals surface area contributed by atoms with E-state index < -0.39 is 5.91 Å². The van der Waals surface area contributed by atoms with E-state index in [0.29, 0.717) is 11.3 Å². The molecule has 6 nitrogen and oxygen atoms in total. The molecule has 5 aromatic rings. The van der Waals surface area contributed by atoms with E-state index >= 15 is 0 Å². The second kappa shape index (κ2) is 13.7. The molecule has 3 amide bonds. The lowest BCUT2D eigenvalue weighted by Crippen LogP contribution is -2.30. The number of carbonyl (C=O) groups excluding carboxylic acids is 3. The molecule has 5 rings (SSSR count). The molecule has 0 radical (unpaired) electrons. The normalized spacial score (nSPS) is 11.2. The highest BCUT2D eigenvalue weighted by Gasteiger charge is 2.16. The van der Waals surface area contributed by atoms with E-state index in [9.17, 15) is 14.4 Å². The van der Waals surface area contributed by atoms with Gasteiger partial charge < -0.3 is 16.0 Å². The number of benzene rings is 5. The maximum atomic E-state index is 13.5.